The maximum absolute atomic E-state index is 4.58. The molecule has 2 heterocycles. The van der Waals surface area contributed by atoms with Gasteiger partial charge in [-0.25, -0.2) is 9.97 Å². The summed E-state index contributed by atoms with van der Waals surface area (Å²) in [6.07, 6.45) is 2.09. The Morgan fingerprint density at radius 1 is 1.36 bits per heavy atom. The smallest absolute Gasteiger partial charge is 0.133 e. The van der Waals surface area contributed by atoms with Gasteiger partial charge in [-0.2, -0.15) is 11.8 Å². The molecule has 1 aromatic rings. The van der Waals surface area contributed by atoms with Crippen LogP contribution in [0.4, 0.5) is 5.82 Å². The lowest BCUT2D eigenvalue weighted by atomic mass is 10.2. The maximum Gasteiger partial charge on any atom is 0.133 e. The van der Waals surface area contributed by atoms with E-state index in [9.17, 15) is 0 Å². The molecule has 0 saturated heterocycles. The Balaban J connectivity index is 2.39. The zero-order chi connectivity index (χ0) is 9.97. The molecule has 0 bridgehead atoms. The van der Waals surface area contributed by atoms with Crippen LogP contribution in [0.3, 0.4) is 0 Å². The Morgan fingerprint density at radius 3 is 2.93 bits per heavy atom. The molecule has 76 valence electrons. The van der Waals surface area contributed by atoms with Crippen molar-refractivity contribution in [2.45, 2.75) is 31.3 Å². The third-order valence-electron chi connectivity index (χ3n) is 2.33. The number of aromatic nitrogens is 2. The van der Waals surface area contributed by atoms with Crippen LogP contribution in [0.15, 0.2) is 0 Å². The van der Waals surface area contributed by atoms with Gasteiger partial charge in [0.1, 0.15) is 11.6 Å². The molecule has 3 nitrogen and oxygen atoms in total. The van der Waals surface area contributed by atoms with Gasteiger partial charge < -0.3 is 5.32 Å². The highest BCUT2D eigenvalue weighted by Crippen LogP contribution is 2.32. The largest absolute Gasteiger partial charge is 0.373 e. The number of hydrogen-bond acceptors (Lipinski definition) is 4. The lowest BCUT2D eigenvalue weighted by Gasteiger charge is -2.07. The van der Waals surface area contributed by atoms with Crippen molar-refractivity contribution in [3.8, 4) is 0 Å². The van der Waals surface area contributed by atoms with Gasteiger partial charge >= 0.3 is 0 Å². The first-order chi connectivity index (χ1) is 6.85. The van der Waals surface area contributed by atoms with E-state index >= 15 is 0 Å². The van der Waals surface area contributed by atoms with Crippen LogP contribution in [0.5, 0.6) is 0 Å². The first-order valence-electron chi connectivity index (χ1n) is 4.99. The van der Waals surface area contributed by atoms with Crippen molar-refractivity contribution in [2.24, 2.45) is 0 Å². The molecule has 14 heavy (non-hydrogen) atoms. The van der Waals surface area contributed by atoms with Crippen molar-refractivity contribution in [2.75, 3.05) is 12.4 Å². The Kier molecular flexibility index (Phi) is 2.91. The van der Waals surface area contributed by atoms with Crippen molar-refractivity contribution < 1.29 is 0 Å². The van der Waals surface area contributed by atoms with E-state index in [1.807, 2.05) is 18.8 Å². The number of aryl methyl sites for hydroxylation is 1. The van der Waals surface area contributed by atoms with E-state index in [1.165, 1.54) is 11.3 Å². The fraction of sp³-hybridized carbons (Fsp3) is 0.600. The SMILES string of the molecule is CCCc1nc2c(c(NC)n1)CSC2. The fourth-order valence-electron chi connectivity index (χ4n) is 1.64. The van der Waals surface area contributed by atoms with Crippen molar-refractivity contribution >= 4 is 17.6 Å². The summed E-state index contributed by atoms with van der Waals surface area (Å²) in [5, 5.41) is 3.16. The van der Waals surface area contributed by atoms with Gasteiger partial charge in [-0.1, -0.05) is 6.92 Å². The summed E-state index contributed by atoms with van der Waals surface area (Å²) in [6, 6.07) is 0. The van der Waals surface area contributed by atoms with Gasteiger partial charge in [0.25, 0.3) is 0 Å². The second kappa shape index (κ2) is 4.17. The summed E-state index contributed by atoms with van der Waals surface area (Å²) in [7, 11) is 1.93. The van der Waals surface area contributed by atoms with Gasteiger partial charge in [0, 0.05) is 30.5 Å². The fourth-order valence-corrected chi connectivity index (χ4v) is 2.69. The van der Waals surface area contributed by atoms with Gasteiger partial charge in [0.2, 0.25) is 0 Å². The molecule has 0 atom stereocenters. The minimum Gasteiger partial charge on any atom is -0.373 e. The minimum absolute atomic E-state index is 0.979. The predicted octanol–water partition coefficient (Wildman–Crippen LogP) is 2.22. The summed E-state index contributed by atoms with van der Waals surface area (Å²) >= 11 is 1.92. The Bertz CT molecular complexity index is 338. The quantitative estimate of drug-likeness (QED) is 0.828. The molecular weight excluding hydrogens is 194 g/mol. The zero-order valence-corrected chi connectivity index (χ0v) is 9.45. The molecule has 2 rings (SSSR count). The van der Waals surface area contributed by atoms with Crippen molar-refractivity contribution in [1.29, 1.82) is 0 Å². The van der Waals surface area contributed by atoms with E-state index in [0.717, 1.165) is 36.0 Å². The van der Waals surface area contributed by atoms with Gasteiger partial charge in [-0.3, -0.25) is 0 Å². The highest BCUT2D eigenvalue weighted by molar-refractivity contribution is 7.98. The maximum atomic E-state index is 4.58. The Morgan fingerprint density at radius 2 is 2.21 bits per heavy atom. The number of nitrogens with zero attached hydrogens (tertiary/aromatic N) is 2. The van der Waals surface area contributed by atoms with E-state index in [2.05, 4.69) is 22.2 Å². The minimum atomic E-state index is 0.979. The Labute approximate surface area is 88.7 Å². The molecule has 0 aromatic carbocycles. The molecule has 1 aromatic heterocycles. The number of nitrogens with one attached hydrogen (secondary N) is 1. The van der Waals surface area contributed by atoms with Gasteiger partial charge in [-0.05, 0) is 6.42 Å². The van der Waals surface area contributed by atoms with Crippen LogP contribution in [-0.2, 0) is 17.9 Å². The van der Waals surface area contributed by atoms with Gasteiger partial charge in [0.05, 0.1) is 5.69 Å². The number of fused-ring (bicyclic) bond motifs is 1. The highest BCUT2D eigenvalue weighted by Gasteiger charge is 2.18. The molecule has 0 fully saturated rings. The summed E-state index contributed by atoms with van der Waals surface area (Å²) in [4.78, 5) is 9.10. The van der Waals surface area contributed by atoms with E-state index in [1.54, 1.807) is 0 Å². The molecule has 0 saturated carbocycles. The third kappa shape index (κ3) is 1.71. The van der Waals surface area contributed by atoms with Crippen molar-refractivity contribution in [1.82, 2.24) is 9.97 Å². The molecule has 0 radical (unpaired) electrons. The monoisotopic (exact) mass is 209 g/mol. The molecule has 0 amide bonds. The molecule has 1 N–H and O–H groups in total. The molecule has 1 aliphatic rings. The Hall–Kier alpha value is -0.770. The average molecular weight is 209 g/mol. The van der Waals surface area contributed by atoms with Crippen LogP contribution in [0.1, 0.15) is 30.4 Å². The first kappa shape index (κ1) is 9.77. The van der Waals surface area contributed by atoms with Crippen molar-refractivity contribution in [3.05, 3.63) is 17.1 Å². The summed E-state index contributed by atoms with van der Waals surface area (Å²) < 4.78 is 0. The molecule has 0 aliphatic carbocycles. The van der Waals surface area contributed by atoms with Crippen LogP contribution >= 0.6 is 11.8 Å². The molecule has 0 spiro atoms. The van der Waals surface area contributed by atoms with Gasteiger partial charge in [0.15, 0.2) is 0 Å². The second-order valence-corrected chi connectivity index (χ2v) is 4.39. The lowest BCUT2D eigenvalue weighted by molar-refractivity contribution is 0.822. The number of rotatable bonds is 3. The summed E-state index contributed by atoms with van der Waals surface area (Å²) in [6.45, 7) is 2.16. The lowest BCUT2D eigenvalue weighted by Crippen LogP contribution is -2.05. The highest BCUT2D eigenvalue weighted by atomic mass is 32.2. The first-order valence-corrected chi connectivity index (χ1v) is 6.14. The number of hydrogen-bond donors (Lipinski definition) is 1. The van der Waals surface area contributed by atoms with Crippen molar-refractivity contribution in [3.63, 3.8) is 0 Å². The van der Waals surface area contributed by atoms with Crippen LogP contribution in [0.2, 0.25) is 0 Å². The molecular formula is C10H15N3S. The number of thioether (sulfide) groups is 1. The van der Waals surface area contributed by atoms with Crippen LogP contribution in [0.25, 0.3) is 0 Å². The van der Waals surface area contributed by atoms with Crippen LogP contribution < -0.4 is 5.32 Å². The zero-order valence-electron chi connectivity index (χ0n) is 8.63. The molecule has 1 aliphatic heterocycles. The van der Waals surface area contributed by atoms with Crippen LogP contribution in [-0.4, -0.2) is 17.0 Å². The van der Waals surface area contributed by atoms with E-state index in [0.29, 0.717) is 0 Å². The molecule has 4 heteroatoms. The predicted molar refractivity (Wildman–Crippen MR) is 60.6 cm³/mol. The van der Waals surface area contributed by atoms with E-state index in [4.69, 9.17) is 0 Å². The van der Waals surface area contributed by atoms with Gasteiger partial charge in [-0.15, -0.1) is 0 Å². The standard InChI is InChI=1S/C10H15N3S/c1-3-4-9-12-8-6-14-5-7(8)10(11-2)13-9/h3-6H2,1-2H3,(H,11,12,13). The topological polar surface area (TPSA) is 37.8 Å². The normalized spacial score (nSPS) is 14.1. The average Bonchev–Trinajstić information content (AvgIpc) is 2.65. The second-order valence-electron chi connectivity index (χ2n) is 3.41. The van der Waals surface area contributed by atoms with Crippen LogP contribution in [0, 0.1) is 0 Å². The number of anilines is 1. The summed E-state index contributed by atoms with van der Waals surface area (Å²) in [5.74, 6) is 4.11. The van der Waals surface area contributed by atoms with E-state index in [-0.39, 0.29) is 0 Å². The third-order valence-corrected chi connectivity index (χ3v) is 3.31. The van der Waals surface area contributed by atoms with E-state index < -0.39 is 0 Å². The summed E-state index contributed by atoms with van der Waals surface area (Å²) in [5.41, 5.74) is 2.54. The molecule has 0 unspecified atom stereocenters.